The third kappa shape index (κ3) is 5.43. The maximum absolute atomic E-state index is 13.1. The highest BCUT2D eigenvalue weighted by atomic mass is 127. The molecule has 0 saturated heterocycles. The van der Waals surface area contributed by atoms with Crippen LogP contribution in [0.1, 0.15) is 55.4 Å². The van der Waals surface area contributed by atoms with Crippen LogP contribution in [0.4, 0.5) is 0 Å². The largest absolute Gasteiger partial charge is 0.512 e. The molecule has 0 saturated carbocycles. The van der Waals surface area contributed by atoms with Gasteiger partial charge in [-0.2, -0.15) is 0 Å². The number of ketones is 1. The zero-order chi connectivity index (χ0) is 21.0. The van der Waals surface area contributed by atoms with E-state index in [0.717, 1.165) is 50.3 Å². The van der Waals surface area contributed by atoms with Crippen molar-refractivity contribution in [2.24, 2.45) is 5.92 Å². The summed E-state index contributed by atoms with van der Waals surface area (Å²) < 4.78 is 1.13. The molecule has 0 aliphatic heterocycles. The molecule has 1 aliphatic carbocycles. The van der Waals surface area contributed by atoms with Crippen LogP contribution >= 0.6 is 34.4 Å². The number of carbonyl (C=O) groups excluding carboxylic acids is 1. The Balaban J connectivity index is 1.75. The van der Waals surface area contributed by atoms with Gasteiger partial charge in [0.1, 0.15) is 5.76 Å². The zero-order valence-electron chi connectivity index (χ0n) is 17.3. The van der Waals surface area contributed by atoms with Crippen molar-refractivity contribution in [2.75, 3.05) is 5.75 Å². The van der Waals surface area contributed by atoms with Crippen molar-refractivity contribution in [2.45, 2.75) is 57.9 Å². The van der Waals surface area contributed by atoms with Crippen LogP contribution in [0.5, 0.6) is 0 Å². The molecule has 1 atom stereocenters. The zero-order valence-corrected chi connectivity index (χ0v) is 20.3. The summed E-state index contributed by atoms with van der Waals surface area (Å²) in [6, 6.07) is 8.39. The van der Waals surface area contributed by atoms with Gasteiger partial charge in [0.05, 0.1) is 10.6 Å². The molecular weight excluding hydrogens is 493 g/mol. The summed E-state index contributed by atoms with van der Waals surface area (Å²) in [4.78, 5) is 17.5. The van der Waals surface area contributed by atoms with Crippen LogP contribution in [-0.2, 0) is 17.6 Å². The molecule has 29 heavy (non-hydrogen) atoms. The number of allylic oxidation sites excluding steroid dienone is 2. The minimum atomic E-state index is 0.0874. The third-order valence-corrected chi connectivity index (χ3v) is 7.07. The van der Waals surface area contributed by atoms with Crippen LogP contribution in [0, 0.1) is 16.4 Å². The number of aliphatic hydroxyl groups excluding tert-OH is 1. The fourth-order valence-electron chi connectivity index (χ4n) is 4.06. The number of rotatable bonds is 7. The van der Waals surface area contributed by atoms with Crippen LogP contribution < -0.4 is 0 Å². The maximum Gasteiger partial charge on any atom is 0.167 e. The van der Waals surface area contributed by atoms with E-state index >= 15 is 0 Å². The smallest absolute Gasteiger partial charge is 0.167 e. The van der Waals surface area contributed by atoms with Gasteiger partial charge in [0, 0.05) is 22.6 Å². The summed E-state index contributed by atoms with van der Waals surface area (Å²) in [5, 5.41) is 11.9. The Labute approximate surface area is 191 Å². The molecule has 1 N–H and O–H groups in total. The van der Waals surface area contributed by atoms with Gasteiger partial charge >= 0.3 is 0 Å². The van der Waals surface area contributed by atoms with E-state index in [1.54, 1.807) is 11.8 Å². The van der Waals surface area contributed by atoms with Gasteiger partial charge in [-0.3, -0.25) is 4.79 Å². The van der Waals surface area contributed by atoms with E-state index in [9.17, 15) is 9.90 Å². The van der Waals surface area contributed by atoms with Crippen LogP contribution in [-0.4, -0.2) is 21.6 Å². The molecule has 0 fully saturated rings. The summed E-state index contributed by atoms with van der Waals surface area (Å²) in [5.74, 6) is 1.46. The van der Waals surface area contributed by atoms with Gasteiger partial charge in [0.25, 0.3) is 0 Å². The Morgan fingerprint density at radius 2 is 1.86 bits per heavy atom. The average molecular weight is 521 g/mol. The number of hydrogen-bond donors (Lipinski definition) is 1. The minimum absolute atomic E-state index is 0.0874. The van der Waals surface area contributed by atoms with Gasteiger partial charge in [0.15, 0.2) is 5.78 Å². The van der Waals surface area contributed by atoms with Crippen LogP contribution in [0.25, 0.3) is 5.57 Å². The number of halogens is 1. The lowest BCUT2D eigenvalue weighted by atomic mass is 9.79. The van der Waals surface area contributed by atoms with Crippen molar-refractivity contribution in [1.82, 2.24) is 4.98 Å². The van der Waals surface area contributed by atoms with Crippen molar-refractivity contribution in [3.63, 3.8) is 0 Å². The van der Waals surface area contributed by atoms with Gasteiger partial charge in [-0.15, -0.1) is 11.8 Å². The molecule has 2 aromatic rings. The molecule has 3 rings (SSSR count). The Morgan fingerprint density at radius 3 is 2.41 bits per heavy atom. The first kappa shape index (κ1) is 22.3. The number of aromatic nitrogens is 1. The van der Waals surface area contributed by atoms with E-state index in [2.05, 4.69) is 66.5 Å². The molecule has 1 unspecified atom stereocenters. The number of pyridine rings is 1. The van der Waals surface area contributed by atoms with E-state index in [4.69, 9.17) is 0 Å². The highest BCUT2D eigenvalue weighted by Crippen LogP contribution is 2.37. The first-order valence-corrected chi connectivity index (χ1v) is 12.3. The second kappa shape index (κ2) is 10.1. The summed E-state index contributed by atoms with van der Waals surface area (Å²) in [6.07, 6.45) is 5.58. The van der Waals surface area contributed by atoms with Crippen molar-refractivity contribution < 1.29 is 9.90 Å². The predicted molar refractivity (Wildman–Crippen MR) is 130 cm³/mol. The van der Waals surface area contributed by atoms with Gasteiger partial charge < -0.3 is 5.11 Å². The molecule has 1 heterocycles. The Kier molecular flexibility index (Phi) is 7.79. The molecule has 0 bridgehead atoms. The average Bonchev–Trinajstić information content (AvgIpc) is 2.69. The lowest BCUT2D eigenvalue weighted by Gasteiger charge is -2.26. The Morgan fingerprint density at radius 1 is 1.17 bits per heavy atom. The van der Waals surface area contributed by atoms with E-state index in [0.29, 0.717) is 18.4 Å². The SMILES string of the molecule is CCc1cc(C)cc(CC)c1C1=C(O)CC(CCSc2ccc(I)cn2)CC1=O. The van der Waals surface area contributed by atoms with E-state index in [1.807, 2.05) is 12.3 Å². The quantitative estimate of drug-likeness (QED) is 0.332. The lowest BCUT2D eigenvalue weighted by molar-refractivity contribution is -0.115. The van der Waals surface area contributed by atoms with Crippen molar-refractivity contribution in [3.8, 4) is 0 Å². The summed E-state index contributed by atoms with van der Waals surface area (Å²) in [6.45, 7) is 6.32. The second-order valence-electron chi connectivity index (χ2n) is 7.64. The fraction of sp³-hybridized carbons (Fsp3) is 0.417. The first-order chi connectivity index (χ1) is 13.9. The summed E-state index contributed by atoms with van der Waals surface area (Å²) in [7, 11) is 0. The van der Waals surface area contributed by atoms with E-state index in [1.165, 1.54) is 5.56 Å². The number of aliphatic hydroxyl groups is 1. The molecular formula is C24H28INO2S. The first-order valence-electron chi connectivity index (χ1n) is 10.2. The molecule has 1 aromatic heterocycles. The lowest BCUT2D eigenvalue weighted by Crippen LogP contribution is -2.21. The molecule has 0 spiro atoms. The molecule has 154 valence electrons. The van der Waals surface area contributed by atoms with Gasteiger partial charge in [-0.05, 0) is 89.3 Å². The Bertz CT molecular complexity index is 896. The Hall–Kier alpha value is -1.34. The monoisotopic (exact) mass is 521 g/mol. The minimum Gasteiger partial charge on any atom is -0.512 e. The molecule has 1 aromatic carbocycles. The summed E-state index contributed by atoms with van der Waals surface area (Å²) >= 11 is 3.96. The topological polar surface area (TPSA) is 50.2 Å². The molecule has 5 heteroatoms. The predicted octanol–water partition coefficient (Wildman–Crippen LogP) is 6.55. The van der Waals surface area contributed by atoms with Crippen LogP contribution in [0.15, 0.2) is 41.2 Å². The highest BCUT2D eigenvalue weighted by molar-refractivity contribution is 14.1. The number of thioether (sulfide) groups is 1. The van der Waals surface area contributed by atoms with Gasteiger partial charge in [-0.25, -0.2) is 4.98 Å². The number of aryl methyl sites for hydroxylation is 3. The molecule has 0 amide bonds. The van der Waals surface area contributed by atoms with Crippen molar-refractivity contribution in [1.29, 1.82) is 0 Å². The third-order valence-electron chi connectivity index (χ3n) is 5.46. The number of Topliss-reactive ketones (excluding diaryl/α,β-unsaturated/α-hetero) is 1. The normalized spacial score (nSPS) is 17.1. The number of benzene rings is 1. The molecule has 0 radical (unpaired) electrons. The fourth-order valence-corrected chi connectivity index (χ4v) is 5.33. The number of hydrogen-bond acceptors (Lipinski definition) is 4. The van der Waals surface area contributed by atoms with Crippen molar-refractivity contribution >= 4 is 45.7 Å². The standard InChI is InChI=1S/C24H28INO2S/c1-4-17-10-15(3)11-18(5-2)23(17)24-20(27)12-16(13-21(24)28)8-9-29-22-7-6-19(25)14-26-22/h6-7,10-11,14,16,27H,4-5,8-9,12-13H2,1-3H3. The van der Waals surface area contributed by atoms with Gasteiger partial charge in [0.2, 0.25) is 0 Å². The number of carbonyl (C=O) groups is 1. The maximum atomic E-state index is 13.1. The van der Waals surface area contributed by atoms with Crippen LogP contribution in [0.3, 0.4) is 0 Å². The van der Waals surface area contributed by atoms with Crippen molar-refractivity contribution in [3.05, 3.63) is 62.0 Å². The van der Waals surface area contributed by atoms with E-state index in [-0.39, 0.29) is 17.5 Å². The summed E-state index contributed by atoms with van der Waals surface area (Å²) in [5.41, 5.74) is 5.09. The van der Waals surface area contributed by atoms with E-state index < -0.39 is 0 Å². The highest BCUT2D eigenvalue weighted by Gasteiger charge is 2.30. The van der Waals surface area contributed by atoms with Crippen LogP contribution in [0.2, 0.25) is 0 Å². The molecule has 1 aliphatic rings. The molecule has 3 nitrogen and oxygen atoms in total. The van der Waals surface area contributed by atoms with Gasteiger partial charge in [-0.1, -0.05) is 31.5 Å². The second-order valence-corrected chi connectivity index (χ2v) is 10.00. The number of nitrogens with zero attached hydrogens (tertiary/aromatic N) is 1.